The summed E-state index contributed by atoms with van der Waals surface area (Å²) in [4.78, 5) is 28.7. The Morgan fingerprint density at radius 3 is 2.25 bits per heavy atom. The third-order valence-corrected chi connectivity index (χ3v) is 8.22. The van der Waals surface area contributed by atoms with E-state index < -0.39 is 16.1 Å². The van der Waals surface area contributed by atoms with Crippen LogP contribution in [0.2, 0.25) is 5.02 Å². The zero-order valence-electron chi connectivity index (χ0n) is 23.6. The number of hydrogen-bond acceptors (Lipinski definition) is 4. The highest BCUT2D eigenvalue weighted by Crippen LogP contribution is 2.23. The number of hydrogen-bond donors (Lipinski definition) is 1. The van der Waals surface area contributed by atoms with Gasteiger partial charge in [-0.3, -0.25) is 13.9 Å². The van der Waals surface area contributed by atoms with Crippen molar-refractivity contribution in [2.24, 2.45) is 0 Å². The quantitative estimate of drug-likeness (QED) is 0.297. The Balaban J connectivity index is 1.87. The first-order chi connectivity index (χ1) is 19.0. The Kier molecular flexibility index (Phi) is 11.2. The number of anilines is 1. The average molecular weight is 584 g/mol. The zero-order chi connectivity index (χ0) is 29.3. The Bertz CT molecular complexity index is 1410. The molecule has 0 aromatic heterocycles. The minimum atomic E-state index is -3.57. The fraction of sp³-hybridized carbons (Fsp3) is 0.355. The van der Waals surface area contributed by atoms with Crippen LogP contribution in [0.15, 0.2) is 72.8 Å². The van der Waals surface area contributed by atoms with Crippen molar-refractivity contribution in [3.8, 4) is 0 Å². The van der Waals surface area contributed by atoms with Crippen LogP contribution in [-0.4, -0.2) is 50.5 Å². The fourth-order valence-electron chi connectivity index (χ4n) is 4.56. The van der Waals surface area contributed by atoms with Crippen LogP contribution in [0.25, 0.3) is 0 Å². The van der Waals surface area contributed by atoms with Crippen LogP contribution < -0.4 is 9.62 Å². The summed E-state index contributed by atoms with van der Waals surface area (Å²) in [6.07, 6.45) is 1.87. The topological polar surface area (TPSA) is 86.8 Å². The van der Waals surface area contributed by atoms with E-state index in [2.05, 4.69) is 5.32 Å². The van der Waals surface area contributed by atoms with E-state index in [0.29, 0.717) is 30.1 Å². The molecule has 0 aliphatic carbocycles. The molecule has 3 aromatic carbocycles. The number of benzene rings is 3. The first-order valence-electron chi connectivity index (χ1n) is 13.4. The van der Waals surface area contributed by atoms with Crippen molar-refractivity contribution < 1.29 is 18.0 Å². The highest BCUT2D eigenvalue weighted by molar-refractivity contribution is 7.92. The number of carbonyl (C=O) groups excluding carboxylic acids is 2. The molecule has 214 valence electrons. The van der Waals surface area contributed by atoms with Crippen molar-refractivity contribution in [3.63, 3.8) is 0 Å². The molecule has 1 atom stereocenters. The molecule has 7 nitrogen and oxygen atoms in total. The van der Waals surface area contributed by atoms with Gasteiger partial charge >= 0.3 is 0 Å². The highest BCUT2D eigenvalue weighted by atomic mass is 35.5. The smallest absolute Gasteiger partial charge is 0.243 e. The number of nitrogens with one attached hydrogen (secondary N) is 1. The largest absolute Gasteiger partial charge is 0.355 e. The second kappa shape index (κ2) is 14.3. The normalized spacial score (nSPS) is 12.0. The van der Waals surface area contributed by atoms with Gasteiger partial charge in [-0.2, -0.15) is 0 Å². The van der Waals surface area contributed by atoms with Crippen molar-refractivity contribution >= 4 is 39.1 Å². The lowest BCUT2D eigenvalue weighted by Gasteiger charge is -2.32. The third-order valence-electron chi connectivity index (χ3n) is 6.79. The first-order valence-corrected chi connectivity index (χ1v) is 15.6. The van der Waals surface area contributed by atoms with Crippen molar-refractivity contribution in [2.45, 2.75) is 52.6 Å². The number of likely N-dealkylation sites (N-methyl/N-ethyl adjacent to an activating group) is 1. The molecule has 0 bridgehead atoms. The number of rotatable bonds is 13. The molecule has 0 saturated carbocycles. The van der Waals surface area contributed by atoms with E-state index in [1.165, 1.54) is 10.6 Å². The van der Waals surface area contributed by atoms with Gasteiger partial charge in [-0.15, -0.1) is 0 Å². The van der Waals surface area contributed by atoms with E-state index in [1.807, 2.05) is 75.4 Å². The molecule has 0 unspecified atom stereocenters. The zero-order valence-corrected chi connectivity index (χ0v) is 25.1. The molecule has 0 heterocycles. The summed E-state index contributed by atoms with van der Waals surface area (Å²) in [5.74, 6) is -0.477. The van der Waals surface area contributed by atoms with Gasteiger partial charge in [0.05, 0.1) is 11.9 Å². The molecule has 40 heavy (non-hydrogen) atoms. The van der Waals surface area contributed by atoms with Gasteiger partial charge in [-0.25, -0.2) is 8.42 Å². The van der Waals surface area contributed by atoms with Gasteiger partial charge in [0.2, 0.25) is 21.8 Å². The maximum atomic E-state index is 13.8. The number of sulfonamides is 1. The molecule has 0 aliphatic heterocycles. The van der Waals surface area contributed by atoms with Gasteiger partial charge in [0.1, 0.15) is 6.04 Å². The summed E-state index contributed by atoms with van der Waals surface area (Å²) in [5.41, 5.74) is 4.36. The second-order valence-corrected chi connectivity index (χ2v) is 12.3. The summed E-state index contributed by atoms with van der Waals surface area (Å²) in [5, 5.41) is 3.42. The summed E-state index contributed by atoms with van der Waals surface area (Å²) in [7, 11) is -3.57. The maximum Gasteiger partial charge on any atom is 0.243 e. The number of halogens is 1. The van der Waals surface area contributed by atoms with E-state index in [1.54, 1.807) is 23.1 Å². The van der Waals surface area contributed by atoms with Crippen LogP contribution in [0.4, 0.5) is 5.69 Å². The van der Waals surface area contributed by atoms with Gasteiger partial charge < -0.3 is 10.2 Å². The van der Waals surface area contributed by atoms with Crippen LogP contribution in [0.1, 0.15) is 42.0 Å². The third kappa shape index (κ3) is 8.83. The molecule has 0 radical (unpaired) electrons. The van der Waals surface area contributed by atoms with Crippen molar-refractivity contribution in [1.29, 1.82) is 0 Å². The predicted octanol–water partition coefficient (Wildman–Crippen LogP) is 5.28. The van der Waals surface area contributed by atoms with Crippen molar-refractivity contribution in [3.05, 3.63) is 100 Å². The fourth-order valence-corrected chi connectivity index (χ4v) is 5.73. The van der Waals surface area contributed by atoms with Crippen LogP contribution in [0.5, 0.6) is 0 Å². The van der Waals surface area contributed by atoms with Gasteiger partial charge in [-0.1, -0.05) is 60.1 Å². The molecule has 1 N–H and O–H groups in total. The Morgan fingerprint density at radius 1 is 0.925 bits per heavy atom. The van der Waals surface area contributed by atoms with Crippen molar-refractivity contribution in [2.75, 3.05) is 23.7 Å². The van der Waals surface area contributed by atoms with Gasteiger partial charge in [-0.05, 0) is 73.7 Å². The van der Waals surface area contributed by atoms with Gasteiger partial charge in [0.25, 0.3) is 0 Å². The minimum absolute atomic E-state index is 0.0716. The molecule has 0 fully saturated rings. The maximum absolute atomic E-state index is 13.8. The van der Waals surface area contributed by atoms with Crippen molar-refractivity contribution in [1.82, 2.24) is 10.2 Å². The number of carbonyl (C=O) groups is 2. The molecule has 0 aliphatic rings. The number of nitrogens with zero attached hydrogens (tertiary/aromatic N) is 2. The standard InChI is InChI=1S/C31H38ClN3O4S/c1-5-33-31(37)29(21-25-11-7-6-8-12-25)34(22-26-13-9-14-27(32)20-26)30(36)15-10-18-35(40(4,38)39)28-17-16-23(2)24(3)19-28/h6-9,11-14,16-17,19-20,29H,5,10,15,18,21-22H2,1-4H3,(H,33,37)/t29-/m1/s1. The minimum Gasteiger partial charge on any atom is -0.355 e. The molecule has 3 rings (SSSR count). The molecule has 3 aromatic rings. The summed E-state index contributed by atoms with van der Waals surface area (Å²) in [6.45, 7) is 6.52. The monoisotopic (exact) mass is 583 g/mol. The highest BCUT2D eigenvalue weighted by Gasteiger charge is 2.30. The summed E-state index contributed by atoms with van der Waals surface area (Å²) < 4.78 is 26.6. The van der Waals surface area contributed by atoms with Gasteiger partial charge in [0, 0.05) is 37.5 Å². The molecular weight excluding hydrogens is 546 g/mol. The molecule has 0 saturated heterocycles. The predicted molar refractivity (Wildman–Crippen MR) is 162 cm³/mol. The Morgan fingerprint density at radius 2 is 1.62 bits per heavy atom. The number of aryl methyl sites for hydroxylation is 2. The molecule has 0 spiro atoms. The lowest BCUT2D eigenvalue weighted by molar-refractivity contribution is -0.141. The first kappa shape index (κ1) is 31.2. The lowest BCUT2D eigenvalue weighted by atomic mass is 10.0. The SMILES string of the molecule is CCNC(=O)[C@@H](Cc1ccccc1)N(Cc1cccc(Cl)c1)C(=O)CCCN(c1ccc(C)c(C)c1)S(C)(=O)=O. The molecule has 2 amide bonds. The lowest BCUT2D eigenvalue weighted by Crippen LogP contribution is -2.50. The van der Waals surface area contributed by atoms with Crippen LogP contribution >= 0.6 is 11.6 Å². The Hall–Kier alpha value is -3.36. The van der Waals surface area contributed by atoms with Crippen LogP contribution in [-0.2, 0) is 32.6 Å². The molecular formula is C31H38ClN3O4S. The van der Waals surface area contributed by atoms with Crippen LogP contribution in [0.3, 0.4) is 0 Å². The van der Waals surface area contributed by atoms with E-state index in [-0.39, 0.29) is 31.3 Å². The second-order valence-electron chi connectivity index (χ2n) is 9.96. The van der Waals surface area contributed by atoms with E-state index in [0.717, 1.165) is 22.3 Å². The summed E-state index contributed by atoms with van der Waals surface area (Å²) >= 11 is 6.22. The van der Waals surface area contributed by atoms with Gasteiger partial charge in [0.15, 0.2) is 0 Å². The summed E-state index contributed by atoms with van der Waals surface area (Å²) in [6, 6.07) is 21.6. The van der Waals surface area contributed by atoms with E-state index >= 15 is 0 Å². The van der Waals surface area contributed by atoms with E-state index in [9.17, 15) is 18.0 Å². The average Bonchev–Trinajstić information content (AvgIpc) is 2.90. The van der Waals surface area contributed by atoms with E-state index in [4.69, 9.17) is 11.6 Å². The number of amides is 2. The molecule has 9 heteroatoms. The van der Waals surface area contributed by atoms with Crippen LogP contribution in [0, 0.1) is 13.8 Å². The Labute approximate surface area is 243 Å².